The van der Waals surface area contributed by atoms with Gasteiger partial charge in [-0.1, -0.05) is 23.7 Å². The standard InChI is InChI=1S/C24H31ClN2O4/c1-17(2)26-24(29)18(3)27(16-19-7-5-8-20(25)15-19)23(28)9-6-14-31-22-12-10-21(30-4)11-13-22/h5,7-8,10-13,15,17-18H,6,9,14,16H2,1-4H3,(H,26,29)/t18-/m0/s1. The monoisotopic (exact) mass is 446 g/mol. The smallest absolute Gasteiger partial charge is 0.242 e. The van der Waals surface area contributed by atoms with E-state index in [1.807, 2.05) is 56.3 Å². The Balaban J connectivity index is 1.98. The predicted molar refractivity (Wildman–Crippen MR) is 122 cm³/mol. The van der Waals surface area contributed by atoms with E-state index >= 15 is 0 Å². The van der Waals surface area contributed by atoms with Crippen LogP contribution in [0.3, 0.4) is 0 Å². The lowest BCUT2D eigenvalue weighted by atomic mass is 10.1. The van der Waals surface area contributed by atoms with Crippen LogP contribution in [0.4, 0.5) is 0 Å². The SMILES string of the molecule is COc1ccc(OCCCC(=O)N(Cc2cccc(Cl)c2)[C@@H](C)C(=O)NC(C)C)cc1. The number of ether oxygens (including phenoxy) is 2. The average Bonchev–Trinajstić information content (AvgIpc) is 2.74. The molecule has 6 nitrogen and oxygen atoms in total. The van der Waals surface area contributed by atoms with Gasteiger partial charge in [-0.05, 0) is 69.2 Å². The number of carbonyl (C=O) groups excluding carboxylic acids is 2. The van der Waals surface area contributed by atoms with E-state index in [4.69, 9.17) is 21.1 Å². The molecule has 0 heterocycles. The first-order chi connectivity index (χ1) is 14.8. The number of halogens is 1. The van der Waals surface area contributed by atoms with E-state index in [0.717, 1.165) is 11.3 Å². The molecular formula is C24H31ClN2O4. The van der Waals surface area contributed by atoms with Crippen LogP contribution in [0.5, 0.6) is 11.5 Å². The van der Waals surface area contributed by atoms with E-state index in [2.05, 4.69) is 5.32 Å². The van der Waals surface area contributed by atoms with Crippen molar-refractivity contribution >= 4 is 23.4 Å². The number of nitrogens with one attached hydrogen (secondary N) is 1. The third-order valence-corrected chi connectivity index (χ3v) is 4.94. The molecule has 1 N–H and O–H groups in total. The molecule has 0 aromatic heterocycles. The van der Waals surface area contributed by atoms with E-state index in [1.54, 1.807) is 25.0 Å². The Labute approximate surface area is 189 Å². The number of hydrogen-bond donors (Lipinski definition) is 1. The molecule has 2 aromatic rings. The summed E-state index contributed by atoms with van der Waals surface area (Å²) < 4.78 is 10.8. The first-order valence-electron chi connectivity index (χ1n) is 10.4. The highest BCUT2D eigenvalue weighted by molar-refractivity contribution is 6.30. The number of rotatable bonds is 11. The Kier molecular flexibility index (Phi) is 9.66. The first-order valence-corrected chi connectivity index (χ1v) is 10.8. The molecule has 0 radical (unpaired) electrons. The van der Waals surface area contributed by atoms with Gasteiger partial charge in [-0.15, -0.1) is 0 Å². The lowest BCUT2D eigenvalue weighted by Crippen LogP contribution is -2.49. The summed E-state index contributed by atoms with van der Waals surface area (Å²) in [6.45, 7) is 6.24. The second kappa shape index (κ2) is 12.2. The predicted octanol–water partition coefficient (Wildman–Crippen LogP) is 4.45. The summed E-state index contributed by atoms with van der Waals surface area (Å²) in [5.74, 6) is 1.19. The fourth-order valence-electron chi connectivity index (χ4n) is 3.05. The molecule has 0 aliphatic rings. The van der Waals surface area contributed by atoms with Gasteiger partial charge < -0.3 is 19.7 Å². The molecule has 2 aromatic carbocycles. The van der Waals surface area contributed by atoms with Crippen molar-refractivity contribution in [3.05, 3.63) is 59.1 Å². The second-order valence-electron chi connectivity index (χ2n) is 7.62. The maximum Gasteiger partial charge on any atom is 0.242 e. The first kappa shape index (κ1) is 24.5. The van der Waals surface area contributed by atoms with Crippen LogP contribution in [0.1, 0.15) is 39.2 Å². The molecule has 0 saturated carbocycles. The van der Waals surface area contributed by atoms with Gasteiger partial charge in [-0.3, -0.25) is 9.59 Å². The van der Waals surface area contributed by atoms with Crippen molar-refractivity contribution in [2.24, 2.45) is 0 Å². The largest absolute Gasteiger partial charge is 0.497 e. The molecule has 0 aliphatic heterocycles. The molecule has 7 heteroatoms. The molecule has 0 fully saturated rings. The van der Waals surface area contributed by atoms with E-state index < -0.39 is 6.04 Å². The van der Waals surface area contributed by atoms with Crippen LogP contribution in [0, 0.1) is 0 Å². The van der Waals surface area contributed by atoms with Gasteiger partial charge >= 0.3 is 0 Å². The van der Waals surface area contributed by atoms with Crippen molar-refractivity contribution in [3.8, 4) is 11.5 Å². The maximum atomic E-state index is 13.0. The summed E-state index contributed by atoms with van der Waals surface area (Å²) in [5.41, 5.74) is 0.875. The van der Waals surface area contributed by atoms with Crippen LogP contribution in [0.2, 0.25) is 5.02 Å². The molecule has 0 aliphatic carbocycles. The zero-order valence-electron chi connectivity index (χ0n) is 18.6. The minimum atomic E-state index is -0.601. The molecule has 0 saturated heterocycles. The highest BCUT2D eigenvalue weighted by atomic mass is 35.5. The minimum Gasteiger partial charge on any atom is -0.497 e. The number of nitrogens with zero attached hydrogens (tertiary/aromatic N) is 1. The van der Waals surface area contributed by atoms with Crippen molar-refractivity contribution in [3.63, 3.8) is 0 Å². The Morgan fingerprint density at radius 1 is 1.06 bits per heavy atom. The molecule has 168 valence electrons. The van der Waals surface area contributed by atoms with Crippen LogP contribution >= 0.6 is 11.6 Å². The number of benzene rings is 2. The van der Waals surface area contributed by atoms with Crippen molar-refractivity contribution in [1.82, 2.24) is 10.2 Å². The topological polar surface area (TPSA) is 67.9 Å². The zero-order valence-corrected chi connectivity index (χ0v) is 19.3. The van der Waals surface area contributed by atoms with E-state index in [0.29, 0.717) is 30.3 Å². The summed E-state index contributed by atoms with van der Waals surface area (Å²) in [4.78, 5) is 27.2. The summed E-state index contributed by atoms with van der Waals surface area (Å²) in [6, 6.07) is 14.0. The molecule has 2 rings (SSSR count). The van der Waals surface area contributed by atoms with E-state index in [9.17, 15) is 9.59 Å². The highest BCUT2D eigenvalue weighted by Crippen LogP contribution is 2.18. The van der Waals surface area contributed by atoms with E-state index in [-0.39, 0.29) is 24.3 Å². The van der Waals surface area contributed by atoms with Crippen LogP contribution in [0.15, 0.2) is 48.5 Å². The summed E-state index contributed by atoms with van der Waals surface area (Å²) in [6.07, 6.45) is 0.811. The molecule has 0 bridgehead atoms. The molecule has 31 heavy (non-hydrogen) atoms. The van der Waals surface area contributed by atoms with Gasteiger partial charge in [0.2, 0.25) is 11.8 Å². The van der Waals surface area contributed by atoms with E-state index in [1.165, 1.54) is 0 Å². The Bertz CT molecular complexity index is 855. The van der Waals surface area contributed by atoms with Gasteiger partial charge in [0, 0.05) is 24.0 Å². The lowest BCUT2D eigenvalue weighted by molar-refractivity contribution is -0.141. The molecule has 1 atom stereocenters. The Morgan fingerprint density at radius 3 is 2.35 bits per heavy atom. The summed E-state index contributed by atoms with van der Waals surface area (Å²) >= 11 is 6.09. The fourth-order valence-corrected chi connectivity index (χ4v) is 3.26. The van der Waals surface area contributed by atoms with Gasteiger partial charge in [0.1, 0.15) is 17.5 Å². The molecule has 0 spiro atoms. The molecule has 0 unspecified atom stereocenters. The Morgan fingerprint density at radius 2 is 1.74 bits per heavy atom. The van der Waals surface area contributed by atoms with Crippen molar-refractivity contribution in [2.75, 3.05) is 13.7 Å². The summed E-state index contributed by atoms with van der Waals surface area (Å²) in [5, 5.41) is 3.47. The van der Waals surface area contributed by atoms with Crippen LogP contribution in [-0.4, -0.2) is 42.5 Å². The lowest BCUT2D eigenvalue weighted by Gasteiger charge is -2.29. The van der Waals surface area contributed by atoms with Crippen LogP contribution < -0.4 is 14.8 Å². The van der Waals surface area contributed by atoms with Gasteiger partial charge in [0.25, 0.3) is 0 Å². The third kappa shape index (κ3) is 8.13. The van der Waals surface area contributed by atoms with Gasteiger partial charge in [0.15, 0.2) is 0 Å². The average molecular weight is 447 g/mol. The molecular weight excluding hydrogens is 416 g/mol. The van der Waals surface area contributed by atoms with Gasteiger partial charge in [-0.25, -0.2) is 0 Å². The normalized spacial score (nSPS) is 11.7. The quantitative estimate of drug-likeness (QED) is 0.518. The van der Waals surface area contributed by atoms with Crippen molar-refractivity contribution in [1.29, 1.82) is 0 Å². The third-order valence-electron chi connectivity index (χ3n) is 4.70. The Hall–Kier alpha value is -2.73. The number of hydrogen-bond acceptors (Lipinski definition) is 4. The second-order valence-corrected chi connectivity index (χ2v) is 8.05. The maximum absolute atomic E-state index is 13.0. The van der Waals surface area contributed by atoms with Crippen LogP contribution in [-0.2, 0) is 16.1 Å². The highest BCUT2D eigenvalue weighted by Gasteiger charge is 2.26. The number of amides is 2. The fraction of sp³-hybridized carbons (Fsp3) is 0.417. The molecule has 2 amide bonds. The van der Waals surface area contributed by atoms with Gasteiger partial charge in [0.05, 0.1) is 13.7 Å². The van der Waals surface area contributed by atoms with Crippen molar-refractivity contribution in [2.45, 2.75) is 52.2 Å². The van der Waals surface area contributed by atoms with Crippen LogP contribution in [0.25, 0.3) is 0 Å². The minimum absolute atomic E-state index is 0.00373. The number of carbonyl (C=O) groups is 2. The van der Waals surface area contributed by atoms with Crippen molar-refractivity contribution < 1.29 is 19.1 Å². The number of methoxy groups -OCH3 is 1. The zero-order chi connectivity index (χ0) is 22.8. The van der Waals surface area contributed by atoms with Gasteiger partial charge in [-0.2, -0.15) is 0 Å². The summed E-state index contributed by atoms with van der Waals surface area (Å²) in [7, 11) is 1.61.